The van der Waals surface area contributed by atoms with Crippen LogP contribution < -0.4 is 0 Å². The standard InChI is InChI=1S/C65H122O6/c1-4-7-10-13-16-18-20-21-22-23-24-25-26-27-28-29-30-31-32-33-34-35-36-37-38-39-40-41-42-43-45-46-49-52-55-58-64(67)70-61-62(60-69-63(66)57-54-51-48-15-12-9-6-3)71-65(68)59-56-53-50-47-44-19-17-14-11-8-5-2/h20-21,23-24,62H,4-19,22,25-61H2,1-3H3/b21-20-,24-23-. The molecule has 0 rings (SSSR count). The Morgan fingerprint density at radius 1 is 0.282 bits per heavy atom. The normalized spacial score (nSPS) is 12.1. The molecule has 0 aromatic rings. The van der Waals surface area contributed by atoms with E-state index in [2.05, 4.69) is 45.1 Å². The number of unbranched alkanes of at least 4 members (excludes halogenated alkanes) is 44. The molecule has 0 aromatic heterocycles. The van der Waals surface area contributed by atoms with Gasteiger partial charge in [0, 0.05) is 19.3 Å². The van der Waals surface area contributed by atoms with E-state index < -0.39 is 6.10 Å². The molecule has 0 saturated carbocycles. The summed E-state index contributed by atoms with van der Waals surface area (Å²) in [5, 5.41) is 0. The van der Waals surface area contributed by atoms with Gasteiger partial charge < -0.3 is 14.2 Å². The third-order valence-electron chi connectivity index (χ3n) is 14.5. The molecular formula is C65H122O6. The Morgan fingerprint density at radius 2 is 0.507 bits per heavy atom. The predicted molar refractivity (Wildman–Crippen MR) is 307 cm³/mol. The van der Waals surface area contributed by atoms with Crippen LogP contribution in [-0.2, 0) is 28.6 Å². The highest BCUT2D eigenvalue weighted by Gasteiger charge is 2.19. The fourth-order valence-electron chi connectivity index (χ4n) is 9.65. The Kier molecular flexibility index (Phi) is 58.6. The molecule has 6 heteroatoms. The van der Waals surface area contributed by atoms with Gasteiger partial charge in [-0.2, -0.15) is 0 Å². The number of carbonyl (C=O) groups excluding carboxylic acids is 3. The Morgan fingerprint density at radius 3 is 0.775 bits per heavy atom. The summed E-state index contributed by atoms with van der Waals surface area (Å²) in [6.07, 6.45) is 72.4. The van der Waals surface area contributed by atoms with E-state index in [0.717, 1.165) is 64.2 Å². The summed E-state index contributed by atoms with van der Waals surface area (Å²) in [6, 6.07) is 0. The zero-order chi connectivity index (χ0) is 51.4. The first-order chi connectivity index (χ1) is 35.0. The molecule has 418 valence electrons. The summed E-state index contributed by atoms with van der Waals surface area (Å²) >= 11 is 0. The van der Waals surface area contributed by atoms with Gasteiger partial charge in [0.1, 0.15) is 13.2 Å². The van der Waals surface area contributed by atoms with Gasteiger partial charge in [-0.1, -0.05) is 308 Å². The van der Waals surface area contributed by atoms with E-state index in [4.69, 9.17) is 14.2 Å². The van der Waals surface area contributed by atoms with Crippen LogP contribution in [0.15, 0.2) is 24.3 Å². The monoisotopic (exact) mass is 999 g/mol. The molecule has 0 N–H and O–H groups in total. The molecule has 6 nitrogen and oxygen atoms in total. The molecule has 0 heterocycles. The van der Waals surface area contributed by atoms with Gasteiger partial charge in [0.15, 0.2) is 6.10 Å². The van der Waals surface area contributed by atoms with Crippen LogP contribution in [-0.4, -0.2) is 37.2 Å². The highest BCUT2D eigenvalue weighted by molar-refractivity contribution is 5.71. The van der Waals surface area contributed by atoms with Crippen LogP contribution in [0, 0.1) is 0 Å². The van der Waals surface area contributed by atoms with Crippen LogP contribution in [0.5, 0.6) is 0 Å². The minimum Gasteiger partial charge on any atom is -0.462 e. The zero-order valence-electron chi connectivity index (χ0n) is 48.0. The second-order valence-corrected chi connectivity index (χ2v) is 21.7. The largest absolute Gasteiger partial charge is 0.462 e. The molecule has 71 heavy (non-hydrogen) atoms. The van der Waals surface area contributed by atoms with Crippen molar-refractivity contribution in [3.63, 3.8) is 0 Å². The number of rotatable bonds is 59. The van der Waals surface area contributed by atoms with Gasteiger partial charge in [0.2, 0.25) is 0 Å². The van der Waals surface area contributed by atoms with E-state index in [1.165, 1.54) is 250 Å². The molecule has 0 saturated heterocycles. The second kappa shape index (κ2) is 60.4. The van der Waals surface area contributed by atoms with Crippen molar-refractivity contribution in [2.75, 3.05) is 13.2 Å². The Hall–Kier alpha value is -2.11. The topological polar surface area (TPSA) is 78.9 Å². The first-order valence-corrected chi connectivity index (χ1v) is 31.8. The predicted octanol–water partition coefficient (Wildman–Crippen LogP) is 21.4. The number of ether oxygens (including phenoxy) is 3. The average molecular weight is 1000 g/mol. The third kappa shape index (κ3) is 58.7. The van der Waals surface area contributed by atoms with E-state index in [9.17, 15) is 14.4 Å². The lowest BCUT2D eigenvalue weighted by molar-refractivity contribution is -0.167. The molecule has 0 bridgehead atoms. The average Bonchev–Trinajstić information content (AvgIpc) is 3.37. The first-order valence-electron chi connectivity index (χ1n) is 31.8. The summed E-state index contributed by atoms with van der Waals surface area (Å²) in [7, 11) is 0. The van der Waals surface area contributed by atoms with E-state index in [0.29, 0.717) is 19.3 Å². The van der Waals surface area contributed by atoms with Gasteiger partial charge in [-0.05, 0) is 51.4 Å². The van der Waals surface area contributed by atoms with Gasteiger partial charge in [-0.15, -0.1) is 0 Å². The quantitative estimate of drug-likeness (QED) is 0.0261. The van der Waals surface area contributed by atoms with Gasteiger partial charge >= 0.3 is 17.9 Å². The van der Waals surface area contributed by atoms with Crippen LogP contribution in [0.25, 0.3) is 0 Å². The van der Waals surface area contributed by atoms with E-state index in [1.54, 1.807) is 0 Å². The molecule has 0 amide bonds. The summed E-state index contributed by atoms with van der Waals surface area (Å²) in [4.78, 5) is 37.9. The first kappa shape index (κ1) is 68.9. The highest BCUT2D eigenvalue weighted by Crippen LogP contribution is 2.18. The maximum absolute atomic E-state index is 12.7. The highest BCUT2D eigenvalue weighted by atomic mass is 16.6. The molecule has 0 aliphatic heterocycles. The summed E-state index contributed by atoms with van der Waals surface area (Å²) in [5.74, 6) is -0.851. The number of carbonyl (C=O) groups is 3. The van der Waals surface area contributed by atoms with Gasteiger partial charge in [0.05, 0.1) is 0 Å². The van der Waals surface area contributed by atoms with Crippen molar-refractivity contribution >= 4 is 17.9 Å². The number of esters is 3. The van der Waals surface area contributed by atoms with Crippen molar-refractivity contribution in [2.24, 2.45) is 0 Å². The van der Waals surface area contributed by atoms with Crippen molar-refractivity contribution in [3.05, 3.63) is 24.3 Å². The third-order valence-corrected chi connectivity index (χ3v) is 14.5. The molecule has 1 atom stereocenters. The van der Waals surface area contributed by atoms with Crippen LogP contribution in [0.4, 0.5) is 0 Å². The van der Waals surface area contributed by atoms with Crippen molar-refractivity contribution < 1.29 is 28.6 Å². The van der Waals surface area contributed by atoms with Crippen LogP contribution in [0.1, 0.15) is 355 Å². The van der Waals surface area contributed by atoms with Gasteiger partial charge in [-0.25, -0.2) is 0 Å². The van der Waals surface area contributed by atoms with E-state index in [-0.39, 0.29) is 31.1 Å². The van der Waals surface area contributed by atoms with Crippen molar-refractivity contribution in [3.8, 4) is 0 Å². The van der Waals surface area contributed by atoms with Crippen molar-refractivity contribution in [1.29, 1.82) is 0 Å². The molecule has 0 aliphatic carbocycles. The Balaban J connectivity index is 3.84. The fourth-order valence-corrected chi connectivity index (χ4v) is 9.65. The summed E-state index contributed by atoms with van der Waals surface area (Å²) < 4.78 is 16.8. The molecule has 0 spiro atoms. The van der Waals surface area contributed by atoms with E-state index in [1.807, 2.05) is 0 Å². The van der Waals surface area contributed by atoms with Gasteiger partial charge in [0.25, 0.3) is 0 Å². The molecular weight excluding hydrogens is 877 g/mol. The maximum Gasteiger partial charge on any atom is 0.306 e. The molecule has 0 radical (unpaired) electrons. The number of hydrogen-bond donors (Lipinski definition) is 0. The number of hydrogen-bond acceptors (Lipinski definition) is 6. The van der Waals surface area contributed by atoms with Gasteiger partial charge in [-0.3, -0.25) is 14.4 Å². The lowest BCUT2D eigenvalue weighted by Gasteiger charge is -2.18. The molecule has 1 unspecified atom stereocenters. The lowest BCUT2D eigenvalue weighted by atomic mass is 10.0. The second-order valence-electron chi connectivity index (χ2n) is 21.7. The minimum absolute atomic E-state index is 0.0644. The number of allylic oxidation sites excluding steroid dienone is 4. The van der Waals surface area contributed by atoms with Crippen LogP contribution in [0.3, 0.4) is 0 Å². The van der Waals surface area contributed by atoms with Crippen LogP contribution in [0.2, 0.25) is 0 Å². The van der Waals surface area contributed by atoms with Crippen molar-refractivity contribution in [1.82, 2.24) is 0 Å². The minimum atomic E-state index is -0.761. The van der Waals surface area contributed by atoms with Crippen LogP contribution >= 0.6 is 0 Å². The molecule has 0 aliphatic rings. The smallest absolute Gasteiger partial charge is 0.306 e. The van der Waals surface area contributed by atoms with E-state index >= 15 is 0 Å². The maximum atomic E-state index is 12.7. The lowest BCUT2D eigenvalue weighted by Crippen LogP contribution is -2.30. The van der Waals surface area contributed by atoms with Crippen molar-refractivity contribution in [2.45, 2.75) is 361 Å². The fraction of sp³-hybridized carbons (Fsp3) is 0.892. The molecule has 0 fully saturated rings. The summed E-state index contributed by atoms with van der Waals surface area (Å²) in [6.45, 7) is 6.62. The molecule has 0 aromatic carbocycles. The summed E-state index contributed by atoms with van der Waals surface area (Å²) in [5.41, 5.74) is 0. The SMILES string of the molecule is CCCCCCC/C=C\C/C=C\CCCCCCCCCCCCCCCCCCCCCCCCCC(=O)OCC(COC(=O)CCCCCCCCC)OC(=O)CCCCCCCCCCCCC. The Labute approximate surface area is 443 Å². The Bertz CT molecular complexity index is 1150. The zero-order valence-corrected chi connectivity index (χ0v) is 48.0.